The third kappa shape index (κ3) is 0.782. The van der Waals surface area contributed by atoms with E-state index in [1.807, 2.05) is 0 Å². The summed E-state index contributed by atoms with van der Waals surface area (Å²) in [5.41, 5.74) is 1.51. The lowest BCUT2D eigenvalue weighted by molar-refractivity contribution is 0.178. The normalized spacial score (nSPS) is 47.2. The Morgan fingerprint density at radius 2 is 2.17 bits per heavy atom. The highest BCUT2D eigenvalue weighted by Crippen LogP contribution is 2.57. The molecule has 3 atom stereocenters. The molecule has 0 aromatic rings. The lowest BCUT2D eigenvalue weighted by atomic mass is 9.69. The van der Waals surface area contributed by atoms with Crippen molar-refractivity contribution in [2.24, 2.45) is 28.3 Å². The summed E-state index contributed by atoms with van der Waals surface area (Å²) in [4.78, 5) is 0. The van der Waals surface area contributed by atoms with Crippen molar-refractivity contribution in [3.05, 3.63) is 0 Å². The van der Waals surface area contributed by atoms with Gasteiger partial charge in [0, 0.05) is 5.92 Å². The van der Waals surface area contributed by atoms with Crippen LogP contribution in [0.15, 0.2) is 5.16 Å². The first-order valence-corrected chi connectivity index (χ1v) is 4.78. The highest BCUT2D eigenvalue weighted by molar-refractivity contribution is 5.90. The van der Waals surface area contributed by atoms with E-state index in [1.165, 1.54) is 6.42 Å². The van der Waals surface area contributed by atoms with Crippen molar-refractivity contribution in [1.82, 2.24) is 0 Å². The van der Waals surface area contributed by atoms with Crippen LogP contribution in [0.5, 0.6) is 0 Å². The second kappa shape index (κ2) is 2.24. The van der Waals surface area contributed by atoms with Gasteiger partial charge in [0.2, 0.25) is 0 Å². The molecule has 0 aromatic carbocycles. The second-order valence-corrected chi connectivity index (χ2v) is 4.94. The molecule has 0 unspecified atom stereocenters. The Balaban J connectivity index is 2.29. The Hall–Kier alpha value is -0.530. The topological polar surface area (TPSA) is 32.6 Å². The zero-order chi connectivity index (χ0) is 8.93. The quantitative estimate of drug-likeness (QED) is 0.436. The highest BCUT2D eigenvalue weighted by Gasteiger charge is 2.53. The number of nitrogens with zero attached hydrogens (tertiary/aromatic N) is 1. The third-order valence-corrected chi connectivity index (χ3v) is 4.38. The summed E-state index contributed by atoms with van der Waals surface area (Å²) in [6.07, 6.45) is 2.27. The predicted molar refractivity (Wildman–Crippen MR) is 48.4 cm³/mol. The van der Waals surface area contributed by atoms with Crippen LogP contribution in [-0.4, -0.2) is 10.9 Å². The second-order valence-electron chi connectivity index (χ2n) is 4.94. The van der Waals surface area contributed by atoms with E-state index in [0.717, 1.165) is 18.1 Å². The molecule has 0 amide bonds. The molecule has 0 heterocycles. The van der Waals surface area contributed by atoms with E-state index in [2.05, 4.69) is 25.9 Å². The molecule has 2 aliphatic rings. The van der Waals surface area contributed by atoms with E-state index in [-0.39, 0.29) is 0 Å². The monoisotopic (exact) mass is 167 g/mol. The van der Waals surface area contributed by atoms with Crippen LogP contribution in [0.25, 0.3) is 0 Å². The number of hydrogen-bond acceptors (Lipinski definition) is 2. The first-order chi connectivity index (χ1) is 5.57. The van der Waals surface area contributed by atoms with Crippen molar-refractivity contribution >= 4 is 5.71 Å². The Morgan fingerprint density at radius 1 is 1.50 bits per heavy atom. The molecule has 2 fully saturated rings. The number of oxime groups is 1. The van der Waals surface area contributed by atoms with Crippen molar-refractivity contribution in [2.75, 3.05) is 0 Å². The molecule has 2 bridgehead atoms. The van der Waals surface area contributed by atoms with E-state index in [1.54, 1.807) is 0 Å². The Labute approximate surface area is 73.7 Å². The first kappa shape index (κ1) is 8.09. The van der Waals surface area contributed by atoms with Gasteiger partial charge in [0.05, 0.1) is 5.71 Å². The average Bonchev–Trinajstić information content (AvgIpc) is 2.52. The van der Waals surface area contributed by atoms with Gasteiger partial charge < -0.3 is 5.21 Å². The molecular weight excluding hydrogens is 150 g/mol. The minimum Gasteiger partial charge on any atom is -0.411 e. The molecule has 0 radical (unpaired) electrons. The van der Waals surface area contributed by atoms with Crippen LogP contribution in [0.4, 0.5) is 0 Å². The van der Waals surface area contributed by atoms with Crippen LogP contribution >= 0.6 is 0 Å². The highest BCUT2D eigenvalue weighted by atomic mass is 16.4. The number of hydrogen-bond donors (Lipinski definition) is 1. The lowest BCUT2D eigenvalue weighted by Gasteiger charge is -2.36. The molecule has 0 saturated heterocycles. The van der Waals surface area contributed by atoms with Gasteiger partial charge >= 0.3 is 0 Å². The molecule has 12 heavy (non-hydrogen) atoms. The summed E-state index contributed by atoms with van der Waals surface area (Å²) in [6, 6.07) is 0. The van der Waals surface area contributed by atoms with E-state index in [9.17, 15) is 0 Å². The van der Waals surface area contributed by atoms with Crippen molar-refractivity contribution < 1.29 is 5.21 Å². The maximum atomic E-state index is 8.76. The van der Waals surface area contributed by atoms with Crippen LogP contribution in [0.2, 0.25) is 0 Å². The fraction of sp³-hybridized carbons (Fsp3) is 0.900. The standard InChI is InChI=1S/C10H17NO/c1-6-8-4-7(10(6,2)3)5-9(8)11-12/h6-8,12H,4-5H2,1-3H3/b11-9+/t6-,7+,8-/m0/s1. The lowest BCUT2D eigenvalue weighted by Crippen LogP contribution is -2.33. The smallest absolute Gasteiger partial charge is 0.0607 e. The summed E-state index contributed by atoms with van der Waals surface area (Å²) in [5, 5.41) is 12.2. The molecule has 2 rings (SSSR count). The fourth-order valence-electron chi connectivity index (χ4n) is 2.99. The minimum atomic E-state index is 0.457. The predicted octanol–water partition coefficient (Wildman–Crippen LogP) is 2.52. The fourth-order valence-corrected chi connectivity index (χ4v) is 2.99. The van der Waals surface area contributed by atoms with E-state index >= 15 is 0 Å². The molecule has 2 aliphatic carbocycles. The van der Waals surface area contributed by atoms with Gasteiger partial charge in [0.25, 0.3) is 0 Å². The molecule has 1 N–H and O–H groups in total. The van der Waals surface area contributed by atoms with Crippen LogP contribution in [0.3, 0.4) is 0 Å². The van der Waals surface area contributed by atoms with E-state index in [4.69, 9.17) is 5.21 Å². The van der Waals surface area contributed by atoms with Gasteiger partial charge in [-0.25, -0.2) is 0 Å². The van der Waals surface area contributed by atoms with Crippen LogP contribution in [-0.2, 0) is 0 Å². The maximum Gasteiger partial charge on any atom is 0.0607 e. The number of rotatable bonds is 0. The molecule has 2 heteroatoms. The molecule has 2 saturated carbocycles. The number of fused-ring (bicyclic) bond motifs is 2. The van der Waals surface area contributed by atoms with Gasteiger partial charge in [-0.1, -0.05) is 25.9 Å². The van der Waals surface area contributed by atoms with Gasteiger partial charge in [0.1, 0.15) is 0 Å². The zero-order valence-electron chi connectivity index (χ0n) is 8.04. The summed E-state index contributed by atoms with van der Waals surface area (Å²) in [5.74, 6) is 2.00. The maximum absolute atomic E-state index is 8.76. The van der Waals surface area contributed by atoms with Crippen molar-refractivity contribution in [3.8, 4) is 0 Å². The largest absolute Gasteiger partial charge is 0.411 e. The van der Waals surface area contributed by atoms with E-state index < -0.39 is 0 Å². The van der Waals surface area contributed by atoms with Gasteiger partial charge in [-0.05, 0) is 30.1 Å². The van der Waals surface area contributed by atoms with Crippen molar-refractivity contribution in [1.29, 1.82) is 0 Å². The first-order valence-electron chi connectivity index (χ1n) is 4.78. The molecule has 68 valence electrons. The summed E-state index contributed by atoms with van der Waals surface area (Å²) in [6.45, 7) is 6.97. The average molecular weight is 167 g/mol. The molecule has 0 aliphatic heterocycles. The van der Waals surface area contributed by atoms with Crippen LogP contribution in [0, 0.1) is 23.2 Å². The molecular formula is C10H17NO. The Morgan fingerprint density at radius 3 is 2.58 bits per heavy atom. The Kier molecular flexibility index (Phi) is 1.51. The Bertz CT molecular complexity index is 228. The molecule has 2 nitrogen and oxygen atoms in total. The summed E-state index contributed by atoms with van der Waals surface area (Å²) in [7, 11) is 0. The third-order valence-electron chi connectivity index (χ3n) is 4.38. The zero-order valence-corrected chi connectivity index (χ0v) is 8.04. The molecule has 0 aromatic heterocycles. The van der Waals surface area contributed by atoms with Gasteiger partial charge in [-0.15, -0.1) is 0 Å². The van der Waals surface area contributed by atoms with Crippen LogP contribution < -0.4 is 0 Å². The van der Waals surface area contributed by atoms with Crippen LogP contribution in [0.1, 0.15) is 33.6 Å². The molecule has 0 spiro atoms. The van der Waals surface area contributed by atoms with Gasteiger partial charge in [0.15, 0.2) is 0 Å². The minimum absolute atomic E-state index is 0.457. The SMILES string of the molecule is C[C@H]1[C@@H]2C[C@H](C/C2=N\O)C1(C)C. The van der Waals surface area contributed by atoms with Gasteiger partial charge in [-0.3, -0.25) is 0 Å². The van der Waals surface area contributed by atoms with Crippen molar-refractivity contribution in [3.63, 3.8) is 0 Å². The van der Waals surface area contributed by atoms with Gasteiger partial charge in [-0.2, -0.15) is 0 Å². The summed E-state index contributed by atoms with van der Waals surface area (Å²) < 4.78 is 0. The van der Waals surface area contributed by atoms with E-state index in [0.29, 0.717) is 17.3 Å². The summed E-state index contributed by atoms with van der Waals surface area (Å²) >= 11 is 0. The van der Waals surface area contributed by atoms with Crippen molar-refractivity contribution in [2.45, 2.75) is 33.6 Å².